The number of halogens is 8. The van der Waals surface area contributed by atoms with Gasteiger partial charge in [-0.15, -0.1) is 0 Å². The minimum atomic E-state index is -4.28. The monoisotopic (exact) mass is 668 g/mol. The second-order valence-corrected chi connectivity index (χ2v) is 12.3. The summed E-state index contributed by atoms with van der Waals surface area (Å²) in [6.07, 6.45) is 3.90. The number of alkyl halides is 2. The van der Waals surface area contributed by atoms with Gasteiger partial charge in [0.25, 0.3) is 0 Å². The van der Waals surface area contributed by atoms with Crippen LogP contribution in [0.25, 0.3) is 17.2 Å². The predicted octanol–water partition coefficient (Wildman–Crippen LogP) is 10.7. The fraction of sp³-hybridized carbons (Fsp3) is 0.444. The van der Waals surface area contributed by atoms with Crippen molar-refractivity contribution in [2.45, 2.75) is 76.6 Å². The van der Waals surface area contributed by atoms with E-state index in [1.165, 1.54) is 31.4 Å². The molecule has 3 aromatic rings. The van der Waals surface area contributed by atoms with E-state index in [2.05, 4.69) is 11.7 Å². The van der Waals surface area contributed by atoms with Crippen LogP contribution in [-0.2, 0) is 9.47 Å². The third-order valence-corrected chi connectivity index (χ3v) is 8.87. The van der Waals surface area contributed by atoms with Gasteiger partial charge in [-0.1, -0.05) is 38.3 Å². The molecule has 47 heavy (non-hydrogen) atoms. The molecule has 0 aromatic heterocycles. The summed E-state index contributed by atoms with van der Waals surface area (Å²) in [7, 11) is 0. The van der Waals surface area contributed by atoms with Gasteiger partial charge in [0.15, 0.2) is 23.7 Å². The zero-order chi connectivity index (χ0) is 33.7. The van der Waals surface area contributed by atoms with Crippen molar-refractivity contribution in [3.8, 4) is 16.9 Å². The highest BCUT2D eigenvalue weighted by molar-refractivity contribution is 5.67. The van der Waals surface area contributed by atoms with Gasteiger partial charge in [0.2, 0.25) is 0 Å². The molecule has 1 saturated carbocycles. The average Bonchev–Trinajstić information content (AvgIpc) is 3.03. The first-order valence-electron chi connectivity index (χ1n) is 15.9. The van der Waals surface area contributed by atoms with Gasteiger partial charge in [-0.2, -0.15) is 8.78 Å². The molecule has 1 aliphatic carbocycles. The van der Waals surface area contributed by atoms with E-state index in [4.69, 9.17) is 9.47 Å². The summed E-state index contributed by atoms with van der Waals surface area (Å²) in [6, 6.07) is 6.55. The number of hydrogen-bond acceptors (Lipinski definition) is 3. The van der Waals surface area contributed by atoms with Crippen molar-refractivity contribution in [3.05, 3.63) is 94.6 Å². The Balaban J connectivity index is 1.19. The van der Waals surface area contributed by atoms with Gasteiger partial charge in [0.05, 0.1) is 13.2 Å². The number of benzene rings is 3. The maximum atomic E-state index is 15.3. The second kappa shape index (κ2) is 15.2. The Morgan fingerprint density at radius 3 is 2.02 bits per heavy atom. The molecular weight excluding hydrogens is 632 g/mol. The smallest absolute Gasteiger partial charge is 0.419 e. The lowest BCUT2D eigenvalue weighted by Gasteiger charge is -2.37. The van der Waals surface area contributed by atoms with Crippen LogP contribution in [0.3, 0.4) is 0 Å². The van der Waals surface area contributed by atoms with Gasteiger partial charge < -0.3 is 14.2 Å². The Kier molecular flexibility index (Phi) is 11.3. The number of hydrogen-bond donors (Lipinski definition) is 0. The van der Waals surface area contributed by atoms with Crippen molar-refractivity contribution in [2.24, 2.45) is 11.8 Å². The highest BCUT2D eigenvalue weighted by Crippen LogP contribution is 2.40. The van der Waals surface area contributed by atoms with Gasteiger partial charge in [-0.05, 0) is 73.4 Å². The van der Waals surface area contributed by atoms with Crippen molar-refractivity contribution in [2.75, 3.05) is 13.2 Å². The minimum absolute atomic E-state index is 0.0324. The fourth-order valence-electron chi connectivity index (χ4n) is 6.29. The zero-order valence-electron chi connectivity index (χ0n) is 25.8. The van der Waals surface area contributed by atoms with Crippen LogP contribution in [0.1, 0.15) is 75.3 Å². The minimum Gasteiger partial charge on any atom is -0.429 e. The lowest BCUT2D eigenvalue weighted by molar-refractivity contribution is -0.229. The van der Waals surface area contributed by atoms with Crippen LogP contribution >= 0.6 is 0 Å². The Bertz CT molecular complexity index is 1510. The van der Waals surface area contributed by atoms with E-state index < -0.39 is 52.3 Å². The quantitative estimate of drug-likeness (QED) is 0.116. The summed E-state index contributed by atoms with van der Waals surface area (Å²) >= 11 is 0. The second-order valence-electron chi connectivity index (χ2n) is 12.3. The normalized spacial score (nSPS) is 22.1. The largest absolute Gasteiger partial charge is 0.429 e. The molecule has 11 heteroatoms. The van der Waals surface area contributed by atoms with E-state index in [1.807, 2.05) is 0 Å². The maximum Gasteiger partial charge on any atom is 0.419 e. The van der Waals surface area contributed by atoms with Crippen molar-refractivity contribution >= 4 is 6.08 Å². The van der Waals surface area contributed by atoms with Gasteiger partial charge in [-0.25, -0.2) is 26.3 Å². The van der Waals surface area contributed by atoms with E-state index in [9.17, 15) is 30.7 Å². The molecule has 0 atom stereocenters. The van der Waals surface area contributed by atoms with Crippen LogP contribution in [0.15, 0.2) is 48.5 Å². The summed E-state index contributed by atoms with van der Waals surface area (Å²) in [5.74, 6) is -8.82. The average molecular weight is 669 g/mol. The molecule has 0 radical (unpaired) electrons. The number of ether oxygens (including phenoxy) is 3. The molecule has 3 nitrogen and oxygen atoms in total. The summed E-state index contributed by atoms with van der Waals surface area (Å²) in [5.41, 5.74) is -0.304. The standard InChI is InChI=1S/C36H36F8O3/c1-2-3-4-5-21-19-45-35(46-20-21)23-8-6-22(7-9-23)24-10-11-27(29(37)14-24)25-15-30(38)28(31(39)16-25)12-13-36(43,44)47-26-17-32(40)34(42)33(41)18-26/h10-18,21-23,35H,2-9,19-20H2,1H3/b13-12+. The topological polar surface area (TPSA) is 27.7 Å². The molecule has 0 N–H and O–H groups in total. The van der Waals surface area contributed by atoms with Gasteiger partial charge in [0.1, 0.15) is 23.2 Å². The first-order valence-corrected chi connectivity index (χ1v) is 15.9. The van der Waals surface area contributed by atoms with Crippen LogP contribution in [0.5, 0.6) is 5.75 Å². The first kappa shape index (κ1) is 34.9. The highest BCUT2D eigenvalue weighted by atomic mass is 19.3. The van der Waals surface area contributed by atoms with Crippen LogP contribution in [0.4, 0.5) is 35.1 Å². The third-order valence-electron chi connectivity index (χ3n) is 8.87. The van der Waals surface area contributed by atoms with Gasteiger partial charge in [-0.3, -0.25) is 0 Å². The number of unbranched alkanes of at least 4 members (excludes halogenated alkanes) is 2. The van der Waals surface area contributed by atoms with Crippen LogP contribution < -0.4 is 4.74 Å². The molecule has 3 aromatic carbocycles. The van der Waals surface area contributed by atoms with E-state index >= 15 is 4.39 Å². The molecule has 2 fully saturated rings. The maximum absolute atomic E-state index is 15.3. The van der Waals surface area contributed by atoms with Crippen molar-refractivity contribution in [1.82, 2.24) is 0 Å². The molecule has 0 amide bonds. The molecule has 0 spiro atoms. The molecule has 0 bridgehead atoms. The lowest BCUT2D eigenvalue weighted by atomic mass is 9.78. The van der Waals surface area contributed by atoms with Crippen molar-refractivity contribution in [3.63, 3.8) is 0 Å². The van der Waals surface area contributed by atoms with Crippen molar-refractivity contribution < 1.29 is 49.3 Å². The summed E-state index contributed by atoms with van der Waals surface area (Å²) < 4.78 is 129. The molecule has 0 unspecified atom stereocenters. The van der Waals surface area contributed by atoms with E-state index in [0.29, 0.717) is 25.2 Å². The Morgan fingerprint density at radius 1 is 0.787 bits per heavy atom. The van der Waals surface area contributed by atoms with Gasteiger partial charge in [0, 0.05) is 41.2 Å². The molecule has 5 rings (SSSR count). The van der Waals surface area contributed by atoms with Crippen molar-refractivity contribution in [1.29, 1.82) is 0 Å². The fourth-order valence-corrected chi connectivity index (χ4v) is 6.29. The number of rotatable bonds is 11. The Labute approximate surface area is 268 Å². The summed E-state index contributed by atoms with van der Waals surface area (Å²) in [5, 5.41) is 0. The molecule has 2 aliphatic rings. The van der Waals surface area contributed by atoms with Crippen LogP contribution in [0, 0.1) is 46.7 Å². The summed E-state index contributed by atoms with van der Waals surface area (Å²) in [4.78, 5) is 0. The van der Waals surface area contributed by atoms with Gasteiger partial charge >= 0.3 is 6.11 Å². The van der Waals surface area contributed by atoms with Crippen LogP contribution in [-0.4, -0.2) is 25.6 Å². The molecular formula is C36H36F8O3. The summed E-state index contributed by atoms with van der Waals surface area (Å²) in [6.45, 7) is 3.60. The third kappa shape index (κ3) is 8.73. The Hall–Kier alpha value is -3.44. The Morgan fingerprint density at radius 2 is 1.43 bits per heavy atom. The SMILES string of the molecule is CCCCCC1COC(C2CCC(c3ccc(-c4cc(F)c(/C=C/C(F)(F)Oc5cc(F)c(F)c(F)c5)c(F)c4)c(F)c3)CC2)OC1. The molecule has 1 heterocycles. The zero-order valence-corrected chi connectivity index (χ0v) is 25.8. The molecule has 1 saturated heterocycles. The first-order chi connectivity index (χ1) is 22.4. The molecule has 254 valence electrons. The van der Waals surface area contributed by atoms with E-state index in [0.717, 1.165) is 49.8 Å². The van der Waals surface area contributed by atoms with E-state index in [-0.39, 0.29) is 47.5 Å². The predicted molar refractivity (Wildman–Crippen MR) is 161 cm³/mol. The lowest BCUT2D eigenvalue weighted by Crippen LogP contribution is -2.38. The van der Waals surface area contributed by atoms with E-state index in [1.54, 1.807) is 6.07 Å². The molecule has 1 aliphatic heterocycles. The highest BCUT2D eigenvalue weighted by Gasteiger charge is 2.33. The van der Waals surface area contributed by atoms with Crippen LogP contribution in [0.2, 0.25) is 0 Å².